The zero-order valence-corrected chi connectivity index (χ0v) is 9.51. The Balaban J connectivity index is 2.26. The van der Waals surface area contributed by atoms with Crippen molar-refractivity contribution in [2.24, 2.45) is 4.99 Å². The number of nitriles is 1. The maximum absolute atomic E-state index is 11.7. The molecule has 0 aliphatic carbocycles. The number of hydrogen-bond donors (Lipinski definition) is 0. The Hall–Kier alpha value is -2.15. The van der Waals surface area contributed by atoms with Gasteiger partial charge in [0.05, 0.1) is 6.07 Å². The Kier molecular flexibility index (Phi) is 2.92. The molecule has 0 N–H and O–H groups in total. The van der Waals surface area contributed by atoms with Gasteiger partial charge in [-0.1, -0.05) is 18.2 Å². The van der Waals surface area contributed by atoms with Crippen LogP contribution in [0.15, 0.2) is 35.3 Å². The van der Waals surface area contributed by atoms with E-state index in [1.807, 2.05) is 36.4 Å². The van der Waals surface area contributed by atoms with E-state index in [1.54, 1.807) is 6.92 Å². The van der Waals surface area contributed by atoms with Crippen LogP contribution in [0.4, 0.5) is 0 Å². The van der Waals surface area contributed by atoms with E-state index in [0.717, 1.165) is 5.56 Å². The molecular formula is C13H12N2O2. The predicted molar refractivity (Wildman–Crippen MR) is 62.3 cm³/mol. The molecule has 4 heteroatoms. The van der Waals surface area contributed by atoms with Gasteiger partial charge in [0, 0.05) is 12.0 Å². The summed E-state index contributed by atoms with van der Waals surface area (Å²) in [6.07, 6.45) is 0.676. The highest BCUT2D eigenvalue weighted by molar-refractivity contribution is 6.07. The van der Waals surface area contributed by atoms with Gasteiger partial charge in [0.2, 0.25) is 5.90 Å². The van der Waals surface area contributed by atoms with Crippen LogP contribution in [-0.4, -0.2) is 17.4 Å². The SMILES string of the molecule is CC1(CCC#N)N=C(c2ccccc2)OC1=O. The molecule has 17 heavy (non-hydrogen) atoms. The summed E-state index contributed by atoms with van der Waals surface area (Å²) in [5, 5.41) is 8.56. The first kappa shape index (κ1) is 11.3. The van der Waals surface area contributed by atoms with Crippen molar-refractivity contribution < 1.29 is 9.53 Å². The zero-order chi connectivity index (χ0) is 12.3. The average Bonchev–Trinajstić information content (AvgIpc) is 2.65. The lowest BCUT2D eigenvalue weighted by Gasteiger charge is -2.12. The molecule has 1 aromatic rings. The van der Waals surface area contributed by atoms with E-state index < -0.39 is 5.54 Å². The Labute approximate surface area is 99.5 Å². The van der Waals surface area contributed by atoms with Crippen molar-refractivity contribution in [3.63, 3.8) is 0 Å². The summed E-state index contributed by atoms with van der Waals surface area (Å²) in [6, 6.07) is 11.3. The molecule has 1 atom stereocenters. The number of aliphatic imine (C=N–C) groups is 1. The van der Waals surface area contributed by atoms with Gasteiger partial charge >= 0.3 is 5.97 Å². The Morgan fingerprint density at radius 2 is 2.12 bits per heavy atom. The van der Waals surface area contributed by atoms with Crippen LogP contribution < -0.4 is 0 Å². The molecule has 0 bridgehead atoms. The van der Waals surface area contributed by atoms with E-state index in [0.29, 0.717) is 12.3 Å². The van der Waals surface area contributed by atoms with E-state index in [2.05, 4.69) is 4.99 Å². The van der Waals surface area contributed by atoms with Crippen LogP contribution in [0.25, 0.3) is 0 Å². The summed E-state index contributed by atoms with van der Waals surface area (Å²) in [6.45, 7) is 1.70. The Morgan fingerprint density at radius 1 is 1.41 bits per heavy atom. The van der Waals surface area contributed by atoms with Crippen molar-refractivity contribution in [1.29, 1.82) is 5.26 Å². The van der Waals surface area contributed by atoms with Gasteiger partial charge in [0.1, 0.15) is 0 Å². The van der Waals surface area contributed by atoms with Crippen LogP contribution in [0.2, 0.25) is 0 Å². The lowest BCUT2D eigenvalue weighted by molar-refractivity contribution is -0.138. The molecule has 1 unspecified atom stereocenters. The Bertz CT molecular complexity index is 502. The van der Waals surface area contributed by atoms with Gasteiger partial charge in [-0.05, 0) is 25.5 Å². The average molecular weight is 228 g/mol. The number of carbonyl (C=O) groups is 1. The summed E-state index contributed by atoms with van der Waals surface area (Å²) < 4.78 is 5.16. The van der Waals surface area contributed by atoms with Gasteiger partial charge in [0.15, 0.2) is 5.54 Å². The minimum absolute atomic E-state index is 0.289. The van der Waals surface area contributed by atoms with E-state index in [-0.39, 0.29) is 12.4 Å². The molecule has 0 spiro atoms. The number of carbonyl (C=O) groups excluding carboxylic acids is 1. The maximum atomic E-state index is 11.7. The highest BCUT2D eigenvalue weighted by atomic mass is 16.6. The van der Waals surface area contributed by atoms with Crippen molar-refractivity contribution >= 4 is 11.9 Å². The lowest BCUT2D eigenvalue weighted by Crippen LogP contribution is -2.29. The molecule has 1 aliphatic rings. The number of hydrogen-bond acceptors (Lipinski definition) is 4. The first-order valence-electron chi connectivity index (χ1n) is 5.40. The largest absolute Gasteiger partial charge is 0.405 e. The van der Waals surface area contributed by atoms with Gasteiger partial charge in [-0.2, -0.15) is 5.26 Å². The van der Waals surface area contributed by atoms with Crippen molar-refractivity contribution in [2.45, 2.75) is 25.3 Å². The summed E-state index contributed by atoms with van der Waals surface area (Å²) in [5.41, 5.74) is -0.137. The molecule has 2 rings (SSSR count). The van der Waals surface area contributed by atoms with Crippen LogP contribution in [0, 0.1) is 11.3 Å². The van der Waals surface area contributed by atoms with Gasteiger partial charge in [-0.15, -0.1) is 0 Å². The summed E-state index contributed by atoms with van der Waals surface area (Å²) in [4.78, 5) is 16.0. The molecule has 1 heterocycles. The van der Waals surface area contributed by atoms with Gasteiger partial charge < -0.3 is 4.74 Å². The standard InChI is InChI=1S/C13H12N2O2/c1-13(8-5-9-14)12(16)17-11(15-13)10-6-3-2-4-7-10/h2-4,6-7H,5,8H2,1H3. The minimum Gasteiger partial charge on any atom is -0.405 e. The Morgan fingerprint density at radius 3 is 2.76 bits per heavy atom. The smallest absolute Gasteiger partial charge is 0.340 e. The fourth-order valence-corrected chi connectivity index (χ4v) is 1.65. The molecule has 86 valence electrons. The molecule has 0 aromatic heterocycles. The third-order valence-electron chi connectivity index (χ3n) is 2.72. The van der Waals surface area contributed by atoms with Crippen LogP contribution in [0.5, 0.6) is 0 Å². The van der Waals surface area contributed by atoms with E-state index >= 15 is 0 Å². The fraction of sp³-hybridized carbons (Fsp3) is 0.308. The summed E-state index contributed by atoms with van der Waals surface area (Å²) >= 11 is 0. The number of ether oxygens (including phenoxy) is 1. The molecular weight excluding hydrogens is 216 g/mol. The van der Waals surface area contributed by atoms with Crippen molar-refractivity contribution in [2.75, 3.05) is 0 Å². The van der Waals surface area contributed by atoms with Crippen LogP contribution in [0.3, 0.4) is 0 Å². The highest BCUT2D eigenvalue weighted by Gasteiger charge is 2.41. The van der Waals surface area contributed by atoms with Gasteiger partial charge in [-0.3, -0.25) is 0 Å². The topological polar surface area (TPSA) is 62.4 Å². The third-order valence-corrected chi connectivity index (χ3v) is 2.72. The van der Waals surface area contributed by atoms with Crippen molar-refractivity contribution in [1.82, 2.24) is 0 Å². The monoisotopic (exact) mass is 228 g/mol. The number of cyclic esters (lactones) is 1. The first-order valence-corrected chi connectivity index (χ1v) is 5.40. The minimum atomic E-state index is -0.916. The molecule has 0 radical (unpaired) electrons. The van der Waals surface area contributed by atoms with E-state index in [4.69, 9.17) is 10.00 Å². The van der Waals surface area contributed by atoms with Crippen LogP contribution in [-0.2, 0) is 9.53 Å². The first-order chi connectivity index (χ1) is 8.15. The second-order valence-corrected chi connectivity index (χ2v) is 4.10. The predicted octanol–water partition coefficient (Wildman–Crippen LogP) is 2.05. The second kappa shape index (κ2) is 4.38. The number of rotatable bonds is 3. The zero-order valence-electron chi connectivity index (χ0n) is 9.51. The molecule has 1 aliphatic heterocycles. The fourth-order valence-electron chi connectivity index (χ4n) is 1.65. The number of esters is 1. The lowest BCUT2D eigenvalue weighted by atomic mass is 9.98. The normalized spacial score (nSPS) is 22.8. The molecule has 4 nitrogen and oxygen atoms in total. The second-order valence-electron chi connectivity index (χ2n) is 4.10. The van der Waals surface area contributed by atoms with Crippen molar-refractivity contribution in [3.05, 3.63) is 35.9 Å². The number of benzene rings is 1. The number of nitrogens with zero attached hydrogens (tertiary/aromatic N) is 2. The quantitative estimate of drug-likeness (QED) is 0.744. The summed E-state index contributed by atoms with van der Waals surface area (Å²) in [5.74, 6) is -0.0392. The van der Waals surface area contributed by atoms with Gasteiger partial charge in [0.25, 0.3) is 0 Å². The molecule has 1 aromatic carbocycles. The summed E-state index contributed by atoms with van der Waals surface area (Å²) in [7, 11) is 0. The third kappa shape index (κ3) is 2.18. The van der Waals surface area contributed by atoms with Crippen LogP contribution in [0.1, 0.15) is 25.3 Å². The molecule has 0 fully saturated rings. The highest BCUT2D eigenvalue weighted by Crippen LogP contribution is 2.27. The van der Waals surface area contributed by atoms with E-state index in [1.165, 1.54) is 0 Å². The maximum Gasteiger partial charge on any atom is 0.340 e. The van der Waals surface area contributed by atoms with Gasteiger partial charge in [-0.25, -0.2) is 9.79 Å². The van der Waals surface area contributed by atoms with E-state index in [9.17, 15) is 4.79 Å². The molecule has 0 amide bonds. The molecule has 0 saturated heterocycles. The van der Waals surface area contributed by atoms with Crippen molar-refractivity contribution in [3.8, 4) is 6.07 Å². The molecule has 0 saturated carbocycles. The van der Waals surface area contributed by atoms with Crippen LogP contribution >= 0.6 is 0 Å².